The van der Waals surface area contributed by atoms with Crippen LogP contribution in [0.4, 0.5) is 0 Å². The number of hydrogen-bond acceptors (Lipinski definition) is 2. The van der Waals surface area contributed by atoms with Crippen LogP contribution >= 0.6 is 0 Å². The van der Waals surface area contributed by atoms with Crippen LogP contribution in [0.2, 0.25) is 0 Å². The second kappa shape index (κ2) is 5.72. The van der Waals surface area contributed by atoms with E-state index in [9.17, 15) is 0 Å². The van der Waals surface area contributed by atoms with Crippen LogP contribution in [-0.2, 0) is 0 Å². The fourth-order valence-corrected chi connectivity index (χ4v) is 2.69. The van der Waals surface area contributed by atoms with Crippen LogP contribution in [0.5, 0.6) is 0 Å². The van der Waals surface area contributed by atoms with Crippen molar-refractivity contribution in [3.63, 3.8) is 0 Å². The fourth-order valence-electron chi connectivity index (χ4n) is 2.69. The van der Waals surface area contributed by atoms with Crippen molar-refractivity contribution in [2.75, 3.05) is 26.2 Å². The van der Waals surface area contributed by atoms with Crippen molar-refractivity contribution in [2.24, 2.45) is 11.1 Å². The van der Waals surface area contributed by atoms with Crippen LogP contribution in [0.25, 0.3) is 0 Å². The minimum absolute atomic E-state index is 0.463. The minimum Gasteiger partial charge on any atom is -0.330 e. The van der Waals surface area contributed by atoms with E-state index in [4.69, 9.17) is 5.73 Å². The van der Waals surface area contributed by atoms with Crippen LogP contribution in [-0.4, -0.2) is 31.1 Å². The Morgan fingerprint density at radius 1 is 1.21 bits per heavy atom. The van der Waals surface area contributed by atoms with Gasteiger partial charge in [0.2, 0.25) is 0 Å². The van der Waals surface area contributed by atoms with Crippen LogP contribution in [0.1, 0.15) is 46.0 Å². The standard InChI is InChI=1S/C12H26N2/c1-3-9-14(4-2)11-12(10-13)7-5-6-8-12/h3-11,13H2,1-2H3. The number of hydrogen-bond donors (Lipinski definition) is 1. The predicted octanol–water partition coefficient (Wildman–Crippen LogP) is 2.24. The maximum absolute atomic E-state index is 5.94. The Bertz CT molecular complexity index is 150. The van der Waals surface area contributed by atoms with Gasteiger partial charge >= 0.3 is 0 Å². The van der Waals surface area contributed by atoms with Gasteiger partial charge in [-0.1, -0.05) is 26.7 Å². The quantitative estimate of drug-likeness (QED) is 0.709. The average Bonchev–Trinajstić information content (AvgIpc) is 2.66. The van der Waals surface area contributed by atoms with Gasteiger partial charge in [-0.2, -0.15) is 0 Å². The molecule has 84 valence electrons. The predicted molar refractivity (Wildman–Crippen MR) is 62.4 cm³/mol. The van der Waals surface area contributed by atoms with Gasteiger partial charge < -0.3 is 10.6 Å². The molecule has 0 aromatic carbocycles. The third-order valence-electron chi connectivity index (χ3n) is 3.64. The molecule has 0 bridgehead atoms. The van der Waals surface area contributed by atoms with Crippen molar-refractivity contribution >= 4 is 0 Å². The highest BCUT2D eigenvalue weighted by molar-refractivity contribution is 4.88. The van der Waals surface area contributed by atoms with Crippen molar-refractivity contribution in [3.8, 4) is 0 Å². The Morgan fingerprint density at radius 3 is 2.29 bits per heavy atom. The summed E-state index contributed by atoms with van der Waals surface area (Å²) >= 11 is 0. The van der Waals surface area contributed by atoms with Crippen LogP contribution in [0, 0.1) is 5.41 Å². The Balaban J connectivity index is 2.44. The molecule has 0 atom stereocenters. The lowest BCUT2D eigenvalue weighted by atomic mass is 9.85. The van der Waals surface area contributed by atoms with E-state index in [-0.39, 0.29) is 0 Å². The van der Waals surface area contributed by atoms with Gasteiger partial charge in [-0.15, -0.1) is 0 Å². The fraction of sp³-hybridized carbons (Fsp3) is 1.00. The molecule has 2 nitrogen and oxygen atoms in total. The third kappa shape index (κ3) is 2.96. The first-order valence-electron chi connectivity index (χ1n) is 6.19. The molecule has 0 spiro atoms. The summed E-state index contributed by atoms with van der Waals surface area (Å²) in [5.41, 5.74) is 6.40. The molecule has 0 saturated heterocycles. The average molecular weight is 198 g/mol. The Morgan fingerprint density at radius 2 is 1.86 bits per heavy atom. The van der Waals surface area contributed by atoms with Gasteiger partial charge in [0.15, 0.2) is 0 Å². The summed E-state index contributed by atoms with van der Waals surface area (Å²) in [5.74, 6) is 0. The lowest BCUT2D eigenvalue weighted by molar-refractivity contribution is 0.164. The topological polar surface area (TPSA) is 29.3 Å². The zero-order valence-electron chi connectivity index (χ0n) is 9.89. The highest BCUT2D eigenvalue weighted by atomic mass is 15.1. The summed E-state index contributed by atoms with van der Waals surface area (Å²) in [6, 6.07) is 0. The van der Waals surface area contributed by atoms with Gasteiger partial charge in [0.1, 0.15) is 0 Å². The molecule has 2 N–H and O–H groups in total. The smallest absolute Gasteiger partial charge is 0.00499 e. The first kappa shape index (κ1) is 12.0. The number of nitrogens with two attached hydrogens (primary N) is 1. The van der Waals surface area contributed by atoms with Crippen LogP contribution in [0.15, 0.2) is 0 Å². The van der Waals surface area contributed by atoms with E-state index in [1.165, 1.54) is 51.7 Å². The minimum atomic E-state index is 0.463. The first-order chi connectivity index (χ1) is 6.76. The van der Waals surface area contributed by atoms with Gasteiger partial charge in [0, 0.05) is 6.54 Å². The molecule has 1 aliphatic carbocycles. The zero-order chi connectivity index (χ0) is 10.4. The van der Waals surface area contributed by atoms with Gasteiger partial charge in [0.25, 0.3) is 0 Å². The Hall–Kier alpha value is -0.0800. The molecule has 0 aromatic heterocycles. The molecule has 0 unspecified atom stereocenters. The highest BCUT2D eigenvalue weighted by Crippen LogP contribution is 2.37. The summed E-state index contributed by atoms with van der Waals surface area (Å²) in [4.78, 5) is 2.57. The summed E-state index contributed by atoms with van der Waals surface area (Å²) in [5, 5.41) is 0. The molecule has 1 aliphatic rings. The van der Waals surface area contributed by atoms with Crippen molar-refractivity contribution < 1.29 is 0 Å². The monoisotopic (exact) mass is 198 g/mol. The number of rotatable bonds is 6. The van der Waals surface area contributed by atoms with Gasteiger partial charge in [-0.05, 0) is 44.3 Å². The molecular weight excluding hydrogens is 172 g/mol. The largest absolute Gasteiger partial charge is 0.330 e. The van der Waals surface area contributed by atoms with Crippen LogP contribution < -0.4 is 5.73 Å². The van der Waals surface area contributed by atoms with E-state index in [1.54, 1.807) is 0 Å². The van der Waals surface area contributed by atoms with E-state index in [2.05, 4.69) is 18.7 Å². The van der Waals surface area contributed by atoms with E-state index in [1.807, 2.05) is 0 Å². The van der Waals surface area contributed by atoms with Gasteiger partial charge in [-0.25, -0.2) is 0 Å². The second-order valence-corrected chi connectivity index (χ2v) is 4.78. The Labute approximate surface area is 88.8 Å². The maximum atomic E-state index is 5.94. The van der Waals surface area contributed by atoms with Crippen molar-refractivity contribution in [3.05, 3.63) is 0 Å². The lowest BCUT2D eigenvalue weighted by Gasteiger charge is -2.33. The molecule has 0 amide bonds. The zero-order valence-corrected chi connectivity index (χ0v) is 9.89. The molecule has 1 rings (SSSR count). The van der Waals surface area contributed by atoms with Crippen molar-refractivity contribution in [2.45, 2.75) is 46.0 Å². The number of nitrogens with zero attached hydrogens (tertiary/aromatic N) is 1. The van der Waals surface area contributed by atoms with E-state index in [0.29, 0.717) is 5.41 Å². The van der Waals surface area contributed by atoms with Crippen molar-refractivity contribution in [1.82, 2.24) is 4.90 Å². The second-order valence-electron chi connectivity index (χ2n) is 4.78. The third-order valence-corrected chi connectivity index (χ3v) is 3.64. The van der Waals surface area contributed by atoms with E-state index in [0.717, 1.165) is 6.54 Å². The van der Waals surface area contributed by atoms with E-state index >= 15 is 0 Å². The summed E-state index contributed by atoms with van der Waals surface area (Å²) < 4.78 is 0. The van der Waals surface area contributed by atoms with Gasteiger partial charge in [-0.3, -0.25) is 0 Å². The maximum Gasteiger partial charge on any atom is 0.00499 e. The molecule has 0 aromatic rings. The SMILES string of the molecule is CCCN(CC)CC1(CN)CCCC1. The van der Waals surface area contributed by atoms with Gasteiger partial charge in [0.05, 0.1) is 0 Å². The summed E-state index contributed by atoms with van der Waals surface area (Å²) in [6.45, 7) is 9.04. The van der Waals surface area contributed by atoms with Crippen molar-refractivity contribution in [1.29, 1.82) is 0 Å². The van der Waals surface area contributed by atoms with Crippen LogP contribution in [0.3, 0.4) is 0 Å². The molecule has 1 fully saturated rings. The molecule has 0 radical (unpaired) electrons. The lowest BCUT2D eigenvalue weighted by Crippen LogP contribution is -2.41. The molecule has 0 aliphatic heterocycles. The summed E-state index contributed by atoms with van der Waals surface area (Å²) in [6.07, 6.45) is 6.74. The Kier molecular flexibility index (Phi) is 4.90. The first-order valence-corrected chi connectivity index (χ1v) is 6.19. The molecule has 0 heterocycles. The summed E-state index contributed by atoms with van der Waals surface area (Å²) in [7, 11) is 0. The molecule has 2 heteroatoms. The normalized spacial score (nSPS) is 20.6. The molecule has 1 saturated carbocycles. The highest BCUT2D eigenvalue weighted by Gasteiger charge is 2.33. The molecular formula is C12H26N2. The molecule has 14 heavy (non-hydrogen) atoms. The van der Waals surface area contributed by atoms with E-state index < -0.39 is 0 Å².